The minimum Gasteiger partial charge on any atom is -0.425 e. The van der Waals surface area contributed by atoms with Crippen molar-refractivity contribution in [3.8, 4) is 5.75 Å². The highest BCUT2D eigenvalue weighted by Gasteiger charge is 2.48. The first-order valence-electron chi connectivity index (χ1n) is 14.2. The molecular weight excluding hydrogens is 444 g/mol. The number of carbonyl (C=O) groups excluding carboxylic acids is 1. The zero-order valence-corrected chi connectivity index (χ0v) is 21.5. The van der Waals surface area contributed by atoms with Crippen molar-refractivity contribution in [2.24, 2.45) is 5.92 Å². The number of carbonyl (C=O) groups is 1. The van der Waals surface area contributed by atoms with Crippen molar-refractivity contribution in [2.75, 3.05) is 0 Å². The van der Waals surface area contributed by atoms with Crippen molar-refractivity contribution in [1.82, 2.24) is 0 Å². The third kappa shape index (κ3) is 6.76. The van der Waals surface area contributed by atoms with Crippen LogP contribution in [0.3, 0.4) is 0 Å². The molecule has 2 fully saturated rings. The summed E-state index contributed by atoms with van der Waals surface area (Å²) < 4.78 is 11.5. The molecule has 3 nitrogen and oxygen atoms in total. The summed E-state index contributed by atoms with van der Waals surface area (Å²) in [5, 5.41) is 2.19. The number of aryl methyl sites for hydroxylation is 1. The molecule has 3 aromatic carbocycles. The maximum Gasteiger partial charge on any atom is 0.343 e. The quantitative estimate of drug-likeness (QED) is 0.112. The number of rotatable bonds is 12. The van der Waals surface area contributed by atoms with Gasteiger partial charge < -0.3 is 9.47 Å². The Morgan fingerprint density at radius 2 is 1.50 bits per heavy atom. The van der Waals surface area contributed by atoms with Crippen molar-refractivity contribution in [3.05, 3.63) is 77.9 Å². The Labute approximate surface area is 216 Å². The van der Waals surface area contributed by atoms with Crippen LogP contribution >= 0.6 is 0 Å². The number of benzene rings is 3. The maximum atomic E-state index is 12.7. The van der Waals surface area contributed by atoms with Gasteiger partial charge in [0.1, 0.15) is 11.9 Å². The van der Waals surface area contributed by atoms with Crippen LogP contribution in [0.5, 0.6) is 5.75 Å². The molecule has 0 N–H and O–H groups in total. The molecule has 0 amide bonds. The molecule has 2 aliphatic rings. The Balaban J connectivity index is 1.03. The molecule has 0 bridgehead atoms. The number of fused-ring (bicyclic) bond motifs is 1. The van der Waals surface area contributed by atoms with Gasteiger partial charge in [0.2, 0.25) is 0 Å². The van der Waals surface area contributed by atoms with E-state index >= 15 is 0 Å². The average Bonchev–Trinajstić information content (AvgIpc) is 3.72. The molecule has 0 unspecified atom stereocenters. The van der Waals surface area contributed by atoms with Crippen LogP contribution in [0.25, 0.3) is 10.8 Å². The van der Waals surface area contributed by atoms with Gasteiger partial charge in [0, 0.05) is 0 Å². The second-order valence-electron chi connectivity index (χ2n) is 10.8. The first kappa shape index (κ1) is 25.0. The van der Waals surface area contributed by atoms with Gasteiger partial charge >= 0.3 is 5.97 Å². The Morgan fingerprint density at radius 1 is 0.778 bits per heavy atom. The van der Waals surface area contributed by atoms with Crippen molar-refractivity contribution in [2.45, 2.75) is 95.7 Å². The standard InChI is InChI=1S/C33H40O3/c34-33(35-29-23-22-26-17-10-11-20-28(26)24-29)32-31(36-32)30-21-13-12-19-27(30)18-9-4-2-1-3-6-14-25-15-7-5-8-16-25/h10-13,17,19-25,31-32H,1-9,14-16,18H2/t31-,32-/m1/s1. The van der Waals surface area contributed by atoms with E-state index in [9.17, 15) is 4.79 Å². The van der Waals surface area contributed by atoms with E-state index in [1.165, 1.54) is 82.6 Å². The van der Waals surface area contributed by atoms with Crippen molar-refractivity contribution in [3.63, 3.8) is 0 Å². The predicted octanol–water partition coefficient (Wildman–Crippen LogP) is 8.74. The molecule has 2 atom stereocenters. The highest BCUT2D eigenvalue weighted by atomic mass is 16.6. The SMILES string of the molecule is O=C(Oc1ccc2ccccc2c1)[C@@H]1O[C@@H]1c1ccccc1CCCCCCCCC1CCCCC1. The van der Waals surface area contributed by atoms with Crippen molar-refractivity contribution in [1.29, 1.82) is 0 Å². The van der Waals surface area contributed by atoms with E-state index in [4.69, 9.17) is 9.47 Å². The van der Waals surface area contributed by atoms with Crippen LogP contribution < -0.4 is 4.74 Å². The zero-order chi connectivity index (χ0) is 24.6. The van der Waals surface area contributed by atoms with E-state index in [2.05, 4.69) is 24.3 Å². The lowest BCUT2D eigenvalue weighted by Gasteiger charge is -2.21. The summed E-state index contributed by atoms with van der Waals surface area (Å²) in [6.07, 6.45) is 17.1. The van der Waals surface area contributed by atoms with Gasteiger partial charge in [0.25, 0.3) is 0 Å². The molecule has 1 aliphatic carbocycles. The monoisotopic (exact) mass is 484 g/mol. The zero-order valence-electron chi connectivity index (χ0n) is 21.5. The normalized spacial score (nSPS) is 19.9. The van der Waals surface area contributed by atoms with E-state index < -0.39 is 6.10 Å². The highest BCUT2D eigenvalue weighted by Crippen LogP contribution is 2.41. The number of epoxide rings is 1. The smallest absolute Gasteiger partial charge is 0.343 e. The van der Waals surface area contributed by atoms with Gasteiger partial charge in [-0.05, 0) is 52.8 Å². The van der Waals surface area contributed by atoms with E-state index in [1.807, 2.05) is 42.5 Å². The van der Waals surface area contributed by atoms with Crippen molar-refractivity contribution < 1.29 is 14.3 Å². The molecule has 1 aliphatic heterocycles. The Kier molecular flexibility index (Phi) is 8.72. The largest absolute Gasteiger partial charge is 0.425 e. The van der Waals surface area contributed by atoms with Gasteiger partial charge in [-0.3, -0.25) is 0 Å². The fraction of sp³-hybridized carbons (Fsp3) is 0.485. The summed E-state index contributed by atoms with van der Waals surface area (Å²) in [5.74, 6) is 1.28. The first-order valence-corrected chi connectivity index (χ1v) is 14.2. The average molecular weight is 485 g/mol. The summed E-state index contributed by atoms with van der Waals surface area (Å²) in [4.78, 5) is 12.7. The van der Waals surface area contributed by atoms with Gasteiger partial charge in [-0.2, -0.15) is 0 Å². The molecule has 3 aromatic rings. The number of hydrogen-bond donors (Lipinski definition) is 0. The predicted molar refractivity (Wildman–Crippen MR) is 146 cm³/mol. The minimum atomic E-state index is -0.512. The van der Waals surface area contributed by atoms with E-state index in [1.54, 1.807) is 0 Å². The maximum absolute atomic E-state index is 12.7. The highest BCUT2D eigenvalue weighted by molar-refractivity contribution is 5.86. The lowest BCUT2D eigenvalue weighted by atomic mass is 9.85. The molecule has 190 valence electrons. The summed E-state index contributed by atoms with van der Waals surface area (Å²) in [6.45, 7) is 0. The molecule has 1 saturated heterocycles. The van der Waals surface area contributed by atoms with Gasteiger partial charge in [-0.15, -0.1) is 0 Å². The van der Waals surface area contributed by atoms with Gasteiger partial charge in [0.15, 0.2) is 6.10 Å². The Bertz CT molecular complexity index is 1130. The summed E-state index contributed by atoms with van der Waals surface area (Å²) in [6, 6.07) is 22.2. The molecule has 0 radical (unpaired) electrons. The van der Waals surface area contributed by atoms with Gasteiger partial charge in [-0.25, -0.2) is 4.79 Å². The van der Waals surface area contributed by atoms with Crippen molar-refractivity contribution >= 4 is 16.7 Å². The van der Waals surface area contributed by atoms with Crippen LogP contribution in [-0.2, 0) is 16.0 Å². The third-order valence-electron chi connectivity index (χ3n) is 8.06. The van der Waals surface area contributed by atoms with Crippen LogP contribution in [0.2, 0.25) is 0 Å². The fourth-order valence-corrected chi connectivity index (χ4v) is 5.90. The molecule has 1 heterocycles. The molecule has 5 rings (SSSR count). The summed E-state index contributed by atoms with van der Waals surface area (Å²) in [5.41, 5.74) is 2.45. The summed E-state index contributed by atoms with van der Waals surface area (Å²) in [7, 11) is 0. The van der Waals surface area contributed by atoms with Crippen LogP contribution in [-0.4, -0.2) is 12.1 Å². The molecule has 3 heteroatoms. The van der Waals surface area contributed by atoms with Gasteiger partial charge in [-0.1, -0.05) is 125 Å². The number of ether oxygens (including phenoxy) is 2. The molecule has 36 heavy (non-hydrogen) atoms. The van der Waals surface area contributed by atoms with Crippen LogP contribution in [0, 0.1) is 5.92 Å². The third-order valence-corrected chi connectivity index (χ3v) is 8.06. The second kappa shape index (κ2) is 12.5. The molecule has 0 aromatic heterocycles. The molecule has 1 saturated carbocycles. The van der Waals surface area contributed by atoms with E-state index in [0.717, 1.165) is 28.7 Å². The Hall–Kier alpha value is -2.65. The van der Waals surface area contributed by atoms with E-state index in [-0.39, 0.29) is 12.1 Å². The van der Waals surface area contributed by atoms with Crippen LogP contribution in [0.1, 0.15) is 94.3 Å². The number of unbranched alkanes of at least 4 members (excludes halogenated alkanes) is 5. The van der Waals surface area contributed by atoms with Crippen LogP contribution in [0.4, 0.5) is 0 Å². The minimum absolute atomic E-state index is 0.186. The Morgan fingerprint density at radius 3 is 2.36 bits per heavy atom. The lowest BCUT2D eigenvalue weighted by molar-refractivity contribution is -0.135. The van der Waals surface area contributed by atoms with Gasteiger partial charge in [0.05, 0.1) is 0 Å². The molecular formula is C33H40O3. The first-order chi connectivity index (χ1) is 17.8. The summed E-state index contributed by atoms with van der Waals surface area (Å²) >= 11 is 0. The fourth-order valence-electron chi connectivity index (χ4n) is 5.90. The van der Waals surface area contributed by atoms with Crippen LogP contribution in [0.15, 0.2) is 66.7 Å². The van der Waals surface area contributed by atoms with E-state index in [0.29, 0.717) is 5.75 Å². The lowest BCUT2D eigenvalue weighted by Crippen LogP contribution is -2.15. The second-order valence-corrected chi connectivity index (χ2v) is 10.8. The topological polar surface area (TPSA) is 38.8 Å². The molecule has 0 spiro atoms. The number of esters is 1. The number of hydrogen-bond acceptors (Lipinski definition) is 3.